The van der Waals surface area contributed by atoms with Crippen LogP contribution in [0.1, 0.15) is 17.7 Å². The molecule has 2 heterocycles. The minimum Gasteiger partial charge on any atom is -0.466 e. The third-order valence-electron chi connectivity index (χ3n) is 3.18. The summed E-state index contributed by atoms with van der Waals surface area (Å²) in [4.78, 5) is 16.2. The number of hydrogen-bond donors (Lipinski definition) is 2. The Balaban J connectivity index is 1.71. The normalized spacial score (nSPS) is 12.0. The number of furan rings is 1. The van der Waals surface area contributed by atoms with E-state index in [0.717, 1.165) is 5.69 Å². The van der Waals surface area contributed by atoms with Gasteiger partial charge in [0.2, 0.25) is 5.91 Å². The lowest BCUT2D eigenvalue weighted by molar-refractivity contribution is -0.116. The van der Waals surface area contributed by atoms with Gasteiger partial charge < -0.3 is 19.4 Å². The van der Waals surface area contributed by atoms with E-state index < -0.39 is 6.10 Å². The quantitative estimate of drug-likeness (QED) is 0.756. The van der Waals surface area contributed by atoms with Crippen LogP contribution in [0.5, 0.6) is 0 Å². The topological polar surface area (TPSA) is 80.3 Å². The second-order valence-electron chi connectivity index (χ2n) is 4.75. The number of para-hydroxylation sites is 1. The molecule has 2 aromatic heterocycles. The number of carbonyl (C=O) groups excluding carboxylic acids is 1. The summed E-state index contributed by atoms with van der Waals surface area (Å²) in [5, 5.41) is 13.0. The molecule has 6 heteroatoms. The number of aliphatic hydroxyl groups excluding tert-OH is 1. The highest BCUT2D eigenvalue weighted by molar-refractivity contribution is 5.90. The van der Waals surface area contributed by atoms with Crippen LogP contribution in [0, 0.1) is 0 Å². The fourth-order valence-electron chi connectivity index (χ4n) is 2.15. The maximum Gasteiger partial charge on any atom is 0.244 e. The minimum atomic E-state index is -1.01. The Kier molecular flexibility index (Phi) is 4.02. The molecule has 0 aliphatic heterocycles. The van der Waals surface area contributed by atoms with E-state index >= 15 is 0 Å². The highest BCUT2D eigenvalue weighted by atomic mass is 16.4. The van der Waals surface area contributed by atoms with E-state index in [2.05, 4.69) is 10.3 Å². The molecule has 0 fully saturated rings. The van der Waals surface area contributed by atoms with Crippen LogP contribution in [0.4, 0.5) is 5.69 Å². The highest BCUT2D eigenvalue weighted by Gasteiger charge is 2.19. The van der Waals surface area contributed by atoms with E-state index in [4.69, 9.17) is 4.42 Å². The predicted molar refractivity (Wildman–Crippen MR) is 80.1 cm³/mol. The molecule has 2 N–H and O–H groups in total. The van der Waals surface area contributed by atoms with E-state index in [-0.39, 0.29) is 12.5 Å². The summed E-state index contributed by atoms with van der Waals surface area (Å²) >= 11 is 0. The molecular formula is C16H15N3O3. The van der Waals surface area contributed by atoms with Gasteiger partial charge in [-0.25, -0.2) is 4.98 Å². The van der Waals surface area contributed by atoms with Crippen LogP contribution < -0.4 is 5.32 Å². The maximum atomic E-state index is 12.1. The monoisotopic (exact) mass is 297 g/mol. The molecule has 3 aromatic rings. The van der Waals surface area contributed by atoms with Crippen molar-refractivity contribution in [1.82, 2.24) is 9.55 Å². The first-order valence-electron chi connectivity index (χ1n) is 6.81. The van der Waals surface area contributed by atoms with Crippen LogP contribution in [-0.2, 0) is 11.3 Å². The Bertz CT molecular complexity index is 735. The zero-order valence-corrected chi connectivity index (χ0v) is 11.7. The Labute approximate surface area is 127 Å². The molecule has 0 radical (unpaired) electrons. The predicted octanol–water partition coefficient (Wildman–Crippen LogP) is 2.20. The van der Waals surface area contributed by atoms with E-state index in [9.17, 15) is 9.90 Å². The number of aliphatic hydroxyl groups is 1. The molecular weight excluding hydrogens is 282 g/mol. The first-order valence-corrected chi connectivity index (χ1v) is 6.81. The van der Waals surface area contributed by atoms with Gasteiger partial charge in [-0.1, -0.05) is 18.2 Å². The lowest BCUT2D eigenvalue weighted by atomic mass is 10.2. The first-order chi connectivity index (χ1) is 10.7. The van der Waals surface area contributed by atoms with Gasteiger partial charge in [-0.2, -0.15) is 0 Å². The van der Waals surface area contributed by atoms with Gasteiger partial charge in [0.25, 0.3) is 0 Å². The van der Waals surface area contributed by atoms with Crippen LogP contribution in [0.2, 0.25) is 0 Å². The van der Waals surface area contributed by atoms with Crippen LogP contribution in [0.3, 0.4) is 0 Å². The zero-order chi connectivity index (χ0) is 15.4. The maximum absolute atomic E-state index is 12.1. The van der Waals surface area contributed by atoms with Crippen molar-refractivity contribution < 1.29 is 14.3 Å². The number of imidazole rings is 1. The molecule has 0 saturated carbocycles. The van der Waals surface area contributed by atoms with Gasteiger partial charge in [0.1, 0.15) is 18.1 Å². The van der Waals surface area contributed by atoms with Gasteiger partial charge in [0, 0.05) is 18.1 Å². The number of rotatable bonds is 5. The number of nitrogens with one attached hydrogen (secondary N) is 1. The fraction of sp³-hybridized carbons (Fsp3) is 0.125. The van der Waals surface area contributed by atoms with Crippen molar-refractivity contribution in [3.05, 3.63) is 72.7 Å². The second kappa shape index (κ2) is 6.28. The SMILES string of the molecule is O=C(Cn1ccnc1[C@@H](O)c1ccco1)Nc1ccccc1. The molecule has 1 aromatic carbocycles. The van der Waals surface area contributed by atoms with E-state index in [1.807, 2.05) is 30.3 Å². The summed E-state index contributed by atoms with van der Waals surface area (Å²) in [6, 6.07) is 12.5. The van der Waals surface area contributed by atoms with Crippen LogP contribution in [-0.4, -0.2) is 20.6 Å². The molecule has 1 atom stereocenters. The van der Waals surface area contributed by atoms with Crippen molar-refractivity contribution in [1.29, 1.82) is 0 Å². The summed E-state index contributed by atoms with van der Waals surface area (Å²) < 4.78 is 6.76. The molecule has 0 unspecified atom stereocenters. The first kappa shape index (κ1) is 14.1. The Morgan fingerprint density at radius 3 is 2.82 bits per heavy atom. The lowest BCUT2D eigenvalue weighted by Crippen LogP contribution is -2.21. The number of aromatic nitrogens is 2. The summed E-state index contributed by atoms with van der Waals surface area (Å²) in [5.74, 6) is 0.547. The molecule has 0 aliphatic carbocycles. The smallest absolute Gasteiger partial charge is 0.244 e. The molecule has 1 amide bonds. The van der Waals surface area contributed by atoms with E-state index in [1.54, 1.807) is 22.9 Å². The van der Waals surface area contributed by atoms with E-state index in [0.29, 0.717) is 11.6 Å². The standard InChI is InChI=1S/C16H15N3O3/c20-14(18-12-5-2-1-3-6-12)11-19-9-8-17-16(19)15(21)13-7-4-10-22-13/h1-10,15,21H,11H2,(H,18,20)/t15-/m0/s1. The van der Waals surface area contributed by atoms with Crippen LogP contribution in [0.25, 0.3) is 0 Å². The van der Waals surface area contributed by atoms with Crippen molar-refractivity contribution in [3.63, 3.8) is 0 Å². The molecule has 0 saturated heterocycles. The minimum absolute atomic E-state index is 0.0575. The van der Waals surface area contributed by atoms with E-state index in [1.165, 1.54) is 12.5 Å². The Hall–Kier alpha value is -2.86. The third-order valence-corrected chi connectivity index (χ3v) is 3.18. The molecule has 0 aliphatic rings. The van der Waals surface area contributed by atoms with Crippen molar-refractivity contribution in [3.8, 4) is 0 Å². The van der Waals surface area contributed by atoms with Gasteiger partial charge in [-0.05, 0) is 24.3 Å². The Morgan fingerprint density at radius 1 is 1.27 bits per heavy atom. The number of anilines is 1. The average molecular weight is 297 g/mol. The average Bonchev–Trinajstić information content (AvgIpc) is 3.19. The third kappa shape index (κ3) is 3.07. The molecule has 0 bridgehead atoms. The fourth-order valence-corrected chi connectivity index (χ4v) is 2.15. The highest BCUT2D eigenvalue weighted by Crippen LogP contribution is 2.20. The molecule has 0 spiro atoms. The molecule has 6 nitrogen and oxygen atoms in total. The lowest BCUT2D eigenvalue weighted by Gasteiger charge is -2.11. The van der Waals surface area contributed by atoms with Crippen molar-refractivity contribution in [2.45, 2.75) is 12.6 Å². The van der Waals surface area contributed by atoms with Crippen LogP contribution in [0.15, 0.2) is 65.5 Å². The summed E-state index contributed by atoms with van der Waals surface area (Å²) in [6.07, 6.45) is 3.66. The van der Waals surface area contributed by atoms with Gasteiger partial charge in [0.15, 0.2) is 6.10 Å². The van der Waals surface area contributed by atoms with Gasteiger partial charge in [-0.15, -0.1) is 0 Å². The van der Waals surface area contributed by atoms with Crippen molar-refractivity contribution >= 4 is 11.6 Å². The largest absolute Gasteiger partial charge is 0.466 e. The summed E-state index contributed by atoms with van der Waals surface area (Å²) in [5.41, 5.74) is 0.723. The van der Waals surface area contributed by atoms with Crippen molar-refractivity contribution in [2.24, 2.45) is 0 Å². The number of benzene rings is 1. The number of nitrogens with zero attached hydrogens (tertiary/aromatic N) is 2. The summed E-state index contributed by atoms with van der Waals surface area (Å²) in [6.45, 7) is 0.0575. The van der Waals surface area contributed by atoms with Crippen molar-refractivity contribution in [2.75, 3.05) is 5.32 Å². The Morgan fingerprint density at radius 2 is 2.09 bits per heavy atom. The van der Waals surface area contributed by atoms with Gasteiger partial charge in [-0.3, -0.25) is 4.79 Å². The van der Waals surface area contributed by atoms with Crippen LogP contribution >= 0.6 is 0 Å². The number of hydrogen-bond acceptors (Lipinski definition) is 4. The number of amides is 1. The second-order valence-corrected chi connectivity index (χ2v) is 4.75. The van der Waals surface area contributed by atoms with Gasteiger partial charge >= 0.3 is 0 Å². The van der Waals surface area contributed by atoms with Gasteiger partial charge in [0.05, 0.1) is 6.26 Å². The summed E-state index contributed by atoms with van der Waals surface area (Å²) in [7, 11) is 0. The molecule has 22 heavy (non-hydrogen) atoms. The number of carbonyl (C=O) groups is 1. The zero-order valence-electron chi connectivity index (χ0n) is 11.7. The molecule has 112 valence electrons. The molecule has 3 rings (SSSR count).